The lowest BCUT2D eigenvalue weighted by Crippen LogP contribution is -2.46. The van der Waals surface area contributed by atoms with Gasteiger partial charge in [0.15, 0.2) is 5.96 Å². The summed E-state index contributed by atoms with van der Waals surface area (Å²) < 4.78 is 37.4. The van der Waals surface area contributed by atoms with Gasteiger partial charge in [0.25, 0.3) is 0 Å². The van der Waals surface area contributed by atoms with Crippen LogP contribution in [0.5, 0.6) is 0 Å². The van der Waals surface area contributed by atoms with Crippen LogP contribution in [0.4, 0.5) is 13.2 Å². The predicted octanol–water partition coefficient (Wildman–Crippen LogP) is 2.76. The first-order chi connectivity index (χ1) is 10.9. The first kappa shape index (κ1) is 18.4. The Balaban J connectivity index is 1.85. The first-order valence-corrected chi connectivity index (χ1v) is 8.70. The monoisotopic (exact) mass is 334 g/mol. The standard InChI is InChI=1S/C16H29F3N4/c1-3-15(7-5-8-15)11-21-14(20-4-2)22-13-6-9-23(10-13)12-16(17,18)19/h13H,3-12H2,1-2H3,(H2,20,21,22). The molecule has 0 amide bonds. The molecule has 0 radical (unpaired) electrons. The molecule has 134 valence electrons. The summed E-state index contributed by atoms with van der Waals surface area (Å²) >= 11 is 0. The summed E-state index contributed by atoms with van der Waals surface area (Å²) in [7, 11) is 0. The molecule has 0 aromatic carbocycles. The van der Waals surface area contributed by atoms with E-state index in [0.717, 1.165) is 31.9 Å². The van der Waals surface area contributed by atoms with Gasteiger partial charge in [-0.1, -0.05) is 13.3 Å². The second-order valence-corrected chi connectivity index (χ2v) is 6.88. The molecule has 4 nitrogen and oxygen atoms in total. The molecule has 0 aromatic rings. The fourth-order valence-corrected chi connectivity index (χ4v) is 3.41. The number of guanidine groups is 1. The number of likely N-dealkylation sites (tertiary alicyclic amines) is 1. The Bertz CT molecular complexity index is 399. The van der Waals surface area contributed by atoms with Crippen molar-refractivity contribution in [2.24, 2.45) is 10.4 Å². The largest absolute Gasteiger partial charge is 0.401 e. The van der Waals surface area contributed by atoms with Crippen molar-refractivity contribution < 1.29 is 13.2 Å². The summed E-state index contributed by atoms with van der Waals surface area (Å²) in [6, 6.07) is 0.0362. The third-order valence-electron chi connectivity index (χ3n) is 5.10. The summed E-state index contributed by atoms with van der Waals surface area (Å²) in [5, 5.41) is 6.52. The predicted molar refractivity (Wildman–Crippen MR) is 86.6 cm³/mol. The highest BCUT2D eigenvalue weighted by atomic mass is 19.4. The Morgan fingerprint density at radius 2 is 2.04 bits per heavy atom. The number of halogens is 3. The number of rotatable bonds is 6. The van der Waals surface area contributed by atoms with Crippen LogP contribution >= 0.6 is 0 Å². The lowest BCUT2D eigenvalue weighted by molar-refractivity contribution is -0.143. The normalized spacial score (nSPS) is 25.3. The number of nitrogens with zero attached hydrogens (tertiary/aromatic N) is 2. The topological polar surface area (TPSA) is 39.7 Å². The Hall–Kier alpha value is -0.980. The molecule has 1 aliphatic carbocycles. The maximum Gasteiger partial charge on any atom is 0.401 e. The van der Waals surface area contributed by atoms with Crippen molar-refractivity contribution >= 4 is 5.96 Å². The molecule has 2 aliphatic rings. The van der Waals surface area contributed by atoms with Crippen LogP contribution in [0.2, 0.25) is 0 Å². The van der Waals surface area contributed by atoms with E-state index in [4.69, 9.17) is 4.99 Å². The molecule has 1 aliphatic heterocycles. The summed E-state index contributed by atoms with van der Waals surface area (Å²) in [5.41, 5.74) is 0.348. The Morgan fingerprint density at radius 3 is 2.57 bits per heavy atom. The van der Waals surface area contributed by atoms with Crippen molar-refractivity contribution in [2.45, 2.75) is 58.2 Å². The molecule has 1 heterocycles. The summed E-state index contributed by atoms with van der Waals surface area (Å²) in [6.45, 7) is 5.85. The highest BCUT2D eigenvalue weighted by molar-refractivity contribution is 5.80. The molecule has 2 N–H and O–H groups in total. The SMILES string of the molecule is CCNC(=NCC1(CC)CCC1)NC1CCN(CC(F)(F)F)C1. The molecule has 23 heavy (non-hydrogen) atoms. The maximum atomic E-state index is 12.5. The van der Waals surface area contributed by atoms with Gasteiger partial charge in [0, 0.05) is 32.2 Å². The number of aliphatic imine (C=N–C) groups is 1. The maximum absolute atomic E-state index is 12.5. The lowest BCUT2D eigenvalue weighted by Gasteiger charge is -2.40. The number of hydrogen-bond acceptors (Lipinski definition) is 2. The zero-order valence-electron chi connectivity index (χ0n) is 14.2. The molecule has 1 unspecified atom stereocenters. The van der Waals surface area contributed by atoms with Gasteiger partial charge in [-0.25, -0.2) is 0 Å². The van der Waals surface area contributed by atoms with Crippen molar-refractivity contribution in [1.29, 1.82) is 0 Å². The average molecular weight is 334 g/mol. The van der Waals surface area contributed by atoms with Crippen molar-refractivity contribution in [3.63, 3.8) is 0 Å². The Labute approximate surface area is 136 Å². The van der Waals surface area contributed by atoms with E-state index in [2.05, 4.69) is 17.6 Å². The van der Waals surface area contributed by atoms with Crippen molar-refractivity contribution in [3.05, 3.63) is 0 Å². The van der Waals surface area contributed by atoms with Gasteiger partial charge < -0.3 is 10.6 Å². The van der Waals surface area contributed by atoms with Gasteiger partial charge in [-0.3, -0.25) is 9.89 Å². The zero-order valence-corrected chi connectivity index (χ0v) is 14.2. The van der Waals surface area contributed by atoms with E-state index in [1.807, 2.05) is 6.92 Å². The average Bonchev–Trinajstić information content (AvgIpc) is 2.83. The number of alkyl halides is 3. The minimum atomic E-state index is -4.12. The van der Waals surface area contributed by atoms with Gasteiger partial charge >= 0.3 is 6.18 Å². The molecule has 1 atom stereocenters. The van der Waals surface area contributed by atoms with Crippen LogP contribution in [0.3, 0.4) is 0 Å². The smallest absolute Gasteiger partial charge is 0.357 e. The van der Waals surface area contributed by atoms with Crippen LogP contribution in [0.25, 0.3) is 0 Å². The fraction of sp³-hybridized carbons (Fsp3) is 0.938. The van der Waals surface area contributed by atoms with Crippen LogP contribution in [0.15, 0.2) is 4.99 Å². The second-order valence-electron chi connectivity index (χ2n) is 6.88. The van der Waals surface area contributed by atoms with Gasteiger partial charge in [-0.15, -0.1) is 0 Å². The third-order valence-corrected chi connectivity index (χ3v) is 5.10. The van der Waals surface area contributed by atoms with Gasteiger partial charge in [0.05, 0.1) is 6.54 Å². The molecular formula is C16H29F3N4. The van der Waals surface area contributed by atoms with Crippen LogP contribution in [0, 0.1) is 5.41 Å². The van der Waals surface area contributed by atoms with Gasteiger partial charge in [0.2, 0.25) is 0 Å². The van der Waals surface area contributed by atoms with E-state index < -0.39 is 12.7 Å². The number of nitrogens with one attached hydrogen (secondary N) is 2. The van der Waals surface area contributed by atoms with Gasteiger partial charge in [-0.05, 0) is 38.0 Å². The van der Waals surface area contributed by atoms with Crippen LogP contribution in [-0.4, -0.2) is 55.8 Å². The number of hydrogen-bond donors (Lipinski definition) is 2. The molecule has 7 heteroatoms. The fourth-order valence-electron chi connectivity index (χ4n) is 3.41. The molecule has 1 saturated heterocycles. The second kappa shape index (κ2) is 7.73. The van der Waals surface area contributed by atoms with Crippen LogP contribution < -0.4 is 10.6 Å². The van der Waals surface area contributed by atoms with Crippen molar-refractivity contribution in [1.82, 2.24) is 15.5 Å². The molecule has 2 rings (SSSR count). The molecule has 0 spiro atoms. The van der Waals surface area contributed by atoms with E-state index in [0.29, 0.717) is 18.5 Å². The van der Waals surface area contributed by atoms with Crippen molar-refractivity contribution in [3.8, 4) is 0 Å². The van der Waals surface area contributed by atoms with Crippen LogP contribution in [-0.2, 0) is 0 Å². The van der Waals surface area contributed by atoms with E-state index in [9.17, 15) is 13.2 Å². The van der Waals surface area contributed by atoms with E-state index in [1.54, 1.807) is 0 Å². The lowest BCUT2D eigenvalue weighted by atomic mass is 9.67. The summed E-state index contributed by atoms with van der Waals surface area (Å²) in [5.74, 6) is 0.742. The highest BCUT2D eigenvalue weighted by Crippen LogP contribution is 2.43. The summed E-state index contributed by atoms with van der Waals surface area (Å²) in [6.07, 6.45) is 1.48. The zero-order chi connectivity index (χ0) is 16.9. The molecule has 0 aromatic heterocycles. The van der Waals surface area contributed by atoms with E-state index in [-0.39, 0.29) is 6.04 Å². The van der Waals surface area contributed by atoms with Crippen molar-refractivity contribution in [2.75, 3.05) is 32.7 Å². The quantitative estimate of drug-likeness (QED) is 0.580. The van der Waals surface area contributed by atoms with E-state index in [1.165, 1.54) is 24.2 Å². The third kappa shape index (κ3) is 5.55. The Morgan fingerprint density at radius 1 is 1.30 bits per heavy atom. The minimum Gasteiger partial charge on any atom is -0.357 e. The van der Waals surface area contributed by atoms with E-state index >= 15 is 0 Å². The molecule has 0 bridgehead atoms. The Kier molecular flexibility index (Phi) is 6.17. The van der Waals surface area contributed by atoms with Gasteiger partial charge in [-0.2, -0.15) is 13.2 Å². The first-order valence-electron chi connectivity index (χ1n) is 8.70. The minimum absolute atomic E-state index is 0.0362. The summed E-state index contributed by atoms with van der Waals surface area (Å²) in [4.78, 5) is 6.15. The molecule has 1 saturated carbocycles. The van der Waals surface area contributed by atoms with Crippen LogP contribution in [0.1, 0.15) is 46.0 Å². The molecule has 2 fully saturated rings. The highest BCUT2D eigenvalue weighted by Gasteiger charge is 2.36. The molecular weight excluding hydrogens is 305 g/mol. The van der Waals surface area contributed by atoms with Gasteiger partial charge in [0.1, 0.15) is 0 Å².